The number of benzene rings is 1. The molecule has 0 unspecified atom stereocenters. The Kier molecular flexibility index (Phi) is 5.67. The molecule has 0 atom stereocenters. The molecule has 0 saturated heterocycles. The molecular formula is C21H25ClN4O2. The first-order chi connectivity index (χ1) is 13.6. The first-order valence-electron chi connectivity index (χ1n) is 9.93. The van der Waals surface area contributed by atoms with Gasteiger partial charge in [-0.25, -0.2) is 0 Å². The van der Waals surface area contributed by atoms with Gasteiger partial charge < -0.3 is 14.4 Å². The lowest BCUT2D eigenvalue weighted by Gasteiger charge is -2.24. The third-order valence-corrected chi connectivity index (χ3v) is 5.80. The summed E-state index contributed by atoms with van der Waals surface area (Å²) in [6.45, 7) is 0.590. The maximum absolute atomic E-state index is 12.4. The monoisotopic (exact) mass is 400 g/mol. The smallest absolute Gasteiger partial charge is 0.274 e. The Bertz CT molecular complexity index is 958. The zero-order valence-corrected chi connectivity index (χ0v) is 16.8. The van der Waals surface area contributed by atoms with Crippen LogP contribution in [-0.4, -0.2) is 39.5 Å². The van der Waals surface area contributed by atoms with Crippen LogP contribution < -0.4 is 0 Å². The summed E-state index contributed by atoms with van der Waals surface area (Å²) in [5.74, 6) is 1.81. The number of aromatic amines is 1. The van der Waals surface area contributed by atoms with Crippen molar-refractivity contribution in [2.45, 2.75) is 44.9 Å². The molecule has 6 nitrogen and oxygen atoms in total. The minimum Gasteiger partial charge on any atom is -0.351 e. The van der Waals surface area contributed by atoms with Crippen LogP contribution in [0, 0.1) is 5.92 Å². The summed E-state index contributed by atoms with van der Waals surface area (Å²) in [5, 5.41) is 5.74. The van der Waals surface area contributed by atoms with Gasteiger partial charge in [0.25, 0.3) is 5.89 Å². The molecule has 1 amide bonds. The molecule has 28 heavy (non-hydrogen) atoms. The van der Waals surface area contributed by atoms with Crippen molar-refractivity contribution in [1.29, 1.82) is 0 Å². The zero-order chi connectivity index (χ0) is 19.5. The molecule has 0 spiro atoms. The number of aromatic nitrogens is 3. The third-order valence-electron chi connectivity index (χ3n) is 5.57. The largest absolute Gasteiger partial charge is 0.351 e. The van der Waals surface area contributed by atoms with Crippen molar-refractivity contribution in [3.63, 3.8) is 0 Å². The molecule has 1 aliphatic carbocycles. The summed E-state index contributed by atoms with van der Waals surface area (Å²) in [6, 6.07) is 7.59. The average molecular weight is 401 g/mol. The molecule has 2 heterocycles. The SMILES string of the molecule is CN(CCc1noc(-c2cc3cc(Cl)ccc3[nH]2)n1)C(=O)CC1CCCCC1. The molecule has 0 radical (unpaired) electrons. The van der Waals surface area contributed by atoms with Gasteiger partial charge in [-0.15, -0.1) is 0 Å². The number of nitrogens with zero attached hydrogens (tertiary/aromatic N) is 3. The second-order valence-electron chi connectivity index (χ2n) is 7.70. The fourth-order valence-electron chi connectivity index (χ4n) is 3.87. The zero-order valence-electron chi connectivity index (χ0n) is 16.1. The highest BCUT2D eigenvalue weighted by molar-refractivity contribution is 6.31. The minimum absolute atomic E-state index is 0.211. The van der Waals surface area contributed by atoms with Crippen molar-refractivity contribution in [2.75, 3.05) is 13.6 Å². The molecule has 1 N–H and O–H groups in total. The number of likely N-dealkylation sites (N-methyl/N-ethyl adjacent to an activating group) is 1. The molecule has 4 rings (SSSR count). The number of hydrogen-bond acceptors (Lipinski definition) is 4. The molecule has 148 valence electrons. The second-order valence-corrected chi connectivity index (χ2v) is 8.14. The Balaban J connectivity index is 1.34. The molecular weight excluding hydrogens is 376 g/mol. The quantitative estimate of drug-likeness (QED) is 0.642. The van der Waals surface area contributed by atoms with Crippen LogP contribution in [0.3, 0.4) is 0 Å². The first-order valence-corrected chi connectivity index (χ1v) is 10.3. The standard InChI is InChI=1S/C21H25ClN4O2/c1-26(20(27)11-14-5-3-2-4-6-14)10-9-19-24-21(28-25-19)18-13-15-12-16(22)7-8-17(15)23-18/h7-8,12-14,23H,2-6,9-11H2,1H3. The maximum Gasteiger partial charge on any atom is 0.274 e. The van der Waals surface area contributed by atoms with E-state index in [0.717, 1.165) is 16.6 Å². The number of carbonyl (C=O) groups is 1. The third kappa shape index (κ3) is 4.38. The summed E-state index contributed by atoms with van der Waals surface area (Å²) in [7, 11) is 1.85. The Labute approximate surface area is 169 Å². The van der Waals surface area contributed by atoms with Gasteiger partial charge in [0.15, 0.2) is 5.82 Å². The van der Waals surface area contributed by atoms with Gasteiger partial charge in [0.1, 0.15) is 5.69 Å². The van der Waals surface area contributed by atoms with E-state index in [0.29, 0.717) is 42.0 Å². The van der Waals surface area contributed by atoms with E-state index in [4.69, 9.17) is 16.1 Å². The van der Waals surface area contributed by atoms with Crippen molar-refractivity contribution in [3.8, 4) is 11.6 Å². The van der Waals surface area contributed by atoms with E-state index < -0.39 is 0 Å². The number of nitrogens with one attached hydrogen (secondary N) is 1. The Morgan fingerprint density at radius 3 is 2.93 bits per heavy atom. The van der Waals surface area contributed by atoms with Gasteiger partial charge in [0.05, 0.1) is 0 Å². The van der Waals surface area contributed by atoms with E-state index in [1.165, 1.54) is 32.1 Å². The molecule has 1 aromatic carbocycles. The molecule has 1 fully saturated rings. The van der Waals surface area contributed by atoms with Crippen molar-refractivity contribution >= 4 is 28.4 Å². The second kappa shape index (κ2) is 8.35. The van der Waals surface area contributed by atoms with Gasteiger partial charge in [-0.3, -0.25) is 4.79 Å². The fourth-order valence-corrected chi connectivity index (χ4v) is 4.05. The lowest BCUT2D eigenvalue weighted by Crippen LogP contribution is -2.31. The van der Waals surface area contributed by atoms with Crippen LogP contribution in [0.4, 0.5) is 0 Å². The van der Waals surface area contributed by atoms with Crippen LogP contribution >= 0.6 is 11.6 Å². The summed E-state index contributed by atoms with van der Waals surface area (Å²) < 4.78 is 5.40. The summed E-state index contributed by atoms with van der Waals surface area (Å²) >= 11 is 6.04. The summed E-state index contributed by atoms with van der Waals surface area (Å²) in [5.41, 5.74) is 1.73. The Hall–Kier alpha value is -2.34. The summed E-state index contributed by atoms with van der Waals surface area (Å²) in [4.78, 5) is 21.9. The first kappa shape index (κ1) is 19.0. The molecule has 7 heteroatoms. The predicted molar refractivity (Wildman–Crippen MR) is 109 cm³/mol. The summed E-state index contributed by atoms with van der Waals surface area (Å²) in [6.07, 6.45) is 7.42. The van der Waals surface area contributed by atoms with Crippen molar-refractivity contribution in [3.05, 3.63) is 35.1 Å². The van der Waals surface area contributed by atoms with Gasteiger partial charge in [-0.1, -0.05) is 36.0 Å². The number of carbonyl (C=O) groups excluding carboxylic acids is 1. The molecule has 1 saturated carbocycles. The van der Waals surface area contributed by atoms with E-state index in [-0.39, 0.29) is 5.91 Å². The lowest BCUT2D eigenvalue weighted by atomic mass is 9.87. The molecule has 1 aliphatic rings. The molecule has 3 aromatic rings. The Morgan fingerprint density at radius 1 is 1.29 bits per heavy atom. The van der Waals surface area contributed by atoms with Crippen LogP contribution in [0.15, 0.2) is 28.8 Å². The molecule has 2 aromatic heterocycles. The number of hydrogen-bond donors (Lipinski definition) is 1. The van der Waals surface area contributed by atoms with Gasteiger partial charge in [0.2, 0.25) is 5.91 Å². The van der Waals surface area contributed by atoms with Crippen molar-refractivity contribution < 1.29 is 9.32 Å². The topological polar surface area (TPSA) is 75.0 Å². The number of amides is 1. The van der Waals surface area contributed by atoms with Crippen LogP contribution in [0.5, 0.6) is 0 Å². The van der Waals surface area contributed by atoms with Crippen LogP contribution in [0.2, 0.25) is 5.02 Å². The van der Waals surface area contributed by atoms with E-state index in [9.17, 15) is 4.79 Å². The van der Waals surface area contributed by atoms with Gasteiger partial charge in [0, 0.05) is 42.4 Å². The number of rotatable bonds is 6. The van der Waals surface area contributed by atoms with Gasteiger partial charge in [-0.05, 0) is 43.0 Å². The van der Waals surface area contributed by atoms with Crippen LogP contribution in [0.1, 0.15) is 44.3 Å². The highest BCUT2D eigenvalue weighted by Gasteiger charge is 2.20. The maximum atomic E-state index is 12.4. The number of halogens is 1. The normalized spacial score (nSPS) is 15.2. The van der Waals surface area contributed by atoms with Gasteiger partial charge in [-0.2, -0.15) is 4.98 Å². The highest BCUT2D eigenvalue weighted by atomic mass is 35.5. The van der Waals surface area contributed by atoms with Crippen LogP contribution in [0.25, 0.3) is 22.5 Å². The number of H-pyrrole nitrogens is 1. The fraction of sp³-hybridized carbons (Fsp3) is 0.476. The van der Waals surface area contributed by atoms with Gasteiger partial charge >= 0.3 is 0 Å². The van der Waals surface area contributed by atoms with Crippen molar-refractivity contribution in [1.82, 2.24) is 20.0 Å². The van der Waals surface area contributed by atoms with Crippen LogP contribution in [-0.2, 0) is 11.2 Å². The van der Waals surface area contributed by atoms with E-state index in [1.54, 1.807) is 4.90 Å². The molecule has 0 aliphatic heterocycles. The predicted octanol–water partition coefficient (Wildman–Crippen LogP) is 4.84. The average Bonchev–Trinajstić information content (AvgIpc) is 3.33. The Morgan fingerprint density at radius 2 is 2.11 bits per heavy atom. The van der Waals surface area contributed by atoms with E-state index in [1.807, 2.05) is 31.3 Å². The molecule has 0 bridgehead atoms. The van der Waals surface area contributed by atoms with Crippen molar-refractivity contribution in [2.24, 2.45) is 5.92 Å². The lowest BCUT2D eigenvalue weighted by molar-refractivity contribution is -0.131. The van der Waals surface area contributed by atoms with E-state index in [2.05, 4.69) is 15.1 Å². The highest BCUT2D eigenvalue weighted by Crippen LogP contribution is 2.27. The number of fused-ring (bicyclic) bond motifs is 1. The van der Waals surface area contributed by atoms with E-state index >= 15 is 0 Å². The minimum atomic E-state index is 0.211.